The number of nitrogens with zero attached hydrogens (tertiary/aromatic N) is 3. The van der Waals surface area contributed by atoms with Crippen LogP contribution in [0, 0.1) is 0 Å². The molecule has 0 saturated heterocycles. The molecule has 0 spiro atoms. The second-order valence-electron chi connectivity index (χ2n) is 4.19. The van der Waals surface area contributed by atoms with E-state index < -0.39 is 17.9 Å². The lowest BCUT2D eigenvalue weighted by atomic mass is 10.1. The maximum atomic E-state index is 11.7. The van der Waals surface area contributed by atoms with Crippen LogP contribution in [-0.2, 0) is 9.59 Å². The van der Waals surface area contributed by atoms with Crippen LogP contribution >= 0.6 is 0 Å². The van der Waals surface area contributed by atoms with Crippen molar-refractivity contribution in [2.24, 2.45) is 10.1 Å². The van der Waals surface area contributed by atoms with Crippen molar-refractivity contribution in [3.05, 3.63) is 29.8 Å². The number of hydrogen-bond acceptors (Lipinski definition) is 5. The number of hydrazone groups is 1. The third-order valence-corrected chi connectivity index (χ3v) is 2.99. The van der Waals surface area contributed by atoms with Crippen LogP contribution in [0.4, 0.5) is 5.69 Å². The topological polar surface area (TPSA) is 94.4 Å². The first-order valence-corrected chi connectivity index (χ1v) is 5.68. The Morgan fingerprint density at radius 1 is 1.42 bits per heavy atom. The van der Waals surface area contributed by atoms with Crippen LogP contribution in [0.2, 0.25) is 0 Å². The first-order chi connectivity index (χ1) is 9.16. The zero-order chi connectivity index (χ0) is 13.4. The Kier molecular flexibility index (Phi) is 2.52. The van der Waals surface area contributed by atoms with Crippen LogP contribution in [0.3, 0.4) is 0 Å². The monoisotopic (exact) mass is 258 g/mol. The molecule has 1 amide bonds. The standard InChI is InChI=1S/C12H10N4O3/c17-10(18)5-9-12(19)15-14-11-7-3-1-2-4-8(7)13-6-16(9)11/h1-4,6,9H,5H2,(H,15,19)(H,17,18)/t9-/m0/s1. The lowest BCUT2D eigenvalue weighted by Gasteiger charge is -2.34. The molecule has 96 valence electrons. The summed E-state index contributed by atoms with van der Waals surface area (Å²) in [5.41, 5.74) is 3.86. The summed E-state index contributed by atoms with van der Waals surface area (Å²) in [5.74, 6) is -0.984. The van der Waals surface area contributed by atoms with Crippen molar-refractivity contribution in [3.63, 3.8) is 0 Å². The molecule has 0 aliphatic carbocycles. The first kappa shape index (κ1) is 11.4. The van der Waals surface area contributed by atoms with E-state index in [0.29, 0.717) is 5.84 Å². The minimum absolute atomic E-state index is 0.307. The van der Waals surface area contributed by atoms with E-state index in [1.165, 1.54) is 11.2 Å². The van der Waals surface area contributed by atoms with Gasteiger partial charge in [0.05, 0.1) is 18.4 Å². The minimum atomic E-state index is -1.05. The number of para-hydroxylation sites is 1. The molecule has 2 N–H and O–H groups in total. The van der Waals surface area contributed by atoms with E-state index in [0.717, 1.165) is 11.3 Å². The molecule has 7 heteroatoms. The smallest absolute Gasteiger partial charge is 0.306 e. The SMILES string of the molecule is O=C(O)C[C@H]1C(=O)NN=C2c3ccccc3N=CN21. The number of nitrogens with one attached hydrogen (secondary N) is 1. The van der Waals surface area contributed by atoms with Gasteiger partial charge in [0, 0.05) is 5.56 Å². The van der Waals surface area contributed by atoms with Gasteiger partial charge in [0.2, 0.25) is 0 Å². The third kappa shape index (κ3) is 1.85. The Balaban J connectivity index is 2.04. The van der Waals surface area contributed by atoms with Gasteiger partial charge in [-0.25, -0.2) is 10.4 Å². The molecule has 1 atom stereocenters. The van der Waals surface area contributed by atoms with Gasteiger partial charge in [0.25, 0.3) is 5.91 Å². The van der Waals surface area contributed by atoms with Crippen molar-refractivity contribution in [2.45, 2.75) is 12.5 Å². The lowest BCUT2D eigenvalue weighted by Crippen LogP contribution is -2.54. The van der Waals surface area contributed by atoms with Crippen LogP contribution in [0.15, 0.2) is 34.4 Å². The molecule has 0 saturated carbocycles. The molecule has 0 radical (unpaired) electrons. The molecule has 0 bridgehead atoms. The largest absolute Gasteiger partial charge is 0.481 e. The number of fused-ring (bicyclic) bond motifs is 3. The average molecular weight is 258 g/mol. The molecule has 19 heavy (non-hydrogen) atoms. The van der Waals surface area contributed by atoms with Gasteiger partial charge in [-0.2, -0.15) is 5.10 Å². The maximum Gasteiger partial charge on any atom is 0.306 e. The highest BCUT2D eigenvalue weighted by Crippen LogP contribution is 2.27. The van der Waals surface area contributed by atoms with Crippen molar-refractivity contribution < 1.29 is 14.7 Å². The normalized spacial score (nSPS) is 20.2. The predicted molar refractivity (Wildman–Crippen MR) is 67.2 cm³/mol. The summed E-state index contributed by atoms with van der Waals surface area (Å²) in [7, 11) is 0. The number of aliphatic imine (C=N–C) groups is 1. The van der Waals surface area contributed by atoms with Crippen molar-refractivity contribution in [1.82, 2.24) is 10.3 Å². The number of benzene rings is 1. The minimum Gasteiger partial charge on any atom is -0.481 e. The third-order valence-electron chi connectivity index (χ3n) is 2.99. The van der Waals surface area contributed by atoms with Crippen LogP contribution in [0.5, 0.6) is 0 Å². The molecule has 0 fully saturated rings. The molecule has 1 aromatic rings. The number of hydrogen-bond donors (Lipinski definition) is 2. The summed E-state index contributed by atoms with van der Waals surface area (Å²) >= 11 is 0. The Morgan fingerprint density at radius 2 is 2.21 bits per heavy atom. The average Bonchev–Trinajstić information content (AvgIpc) is 2.41. The Labute approximate surface area is 108 Å². The summed E-state index contributed by atoms with van der Waals surface area (Å²) in [4.78, 5) is 28.3. The van der Waals surface area contributed by atoms with Crippen LogP contribution in [0.1, 0.15) is 12.0 Å². The van der Waals surface area contributed by atoms with Crippen molar-refractivity contribution in [1.29, 1.82) is 0 Å². The highest BCUT2D eigenvalue weighted by molar-refractivity contribution is 6.14. The van der Waals surface area contributed by atoms with Gasteiger partial charge in [-0.3, -0.25) is 9.59 Å². The van der Waals surface area contributed by atoms with Gasteiger partial charge in [-0.05, 0) is 12.1 Å². The summed E-state index contributed by atoms with van der Waals surface area (Å²) in [6.07, 6.45) is 1.15. The fraction of sp³-hybridized carbons (Fsp3) is 0.167. The number of amidine groups is 1. The van der Waals surface area contributed by atoms with Crippen LogP contribution in [-0.4, -0.2) is 40.1 Å². The first-order valence-electron chi connectivity index (χ1n) is 5.68. The molecule has 3 rings (SSSR count). The number of carboxylic acids is 1. The van der Waals surface area contributed by atoms with E-state index in [1.807, 2.05) is 24.3 Å². The van der Waals surface area contributed by atoms with Gasteiger partial charge in [0.1, 0.15) is 6.04 Å². The fourth-order valence-electron chi connectivity index (χ4n) is 2.10. The van der Waals surface area contributed by atoms with E-state index in [1.54, 1.807) is 0 Å². The van der Waals surface area contributed by atoms with E-state index >= 15 is 0 Å². The summed E-state index contributed by atoms with van der Waals surface area (Å²) < 4.78 is 0. The van der Waals surface area contributed by atoms with Gasteiger partial charge in [-0.1, -0.05) is 12.1 Å². The molecule has 2 aliphatic heterocycles. The Hall–Kier alpha value is -2.70. The molecular formula is C12H10N4O3. The second-order valence-corrected chi connectivity index (χ2v) is 4.19. The number of carbonyl (C=O) groups excluding carboxylic acids is 1. The van der Waals surface area contributed by atoms with E-state index in [9.17, 15) is 9.59 Å². The van der Waals surface area contributed by atoms with Gasteiger partial charge < -0.3 is 10.0 Å². The van der Waals surface area contributed by atoms with Crippen molar-refractivity contribution >= 4 is 29.7 Å². The van der Waals surface area contributed by atoms with Crippen LogP contribution < -0.4 is 5.43 Å². The summed E-state index contributed by atoms with van der Waals surface area (Å²) in [5, 5.41) is 12.9. The van der Waals surface area contributed by atoms with E-state index in [-0.39, 0.29) is 6.42 Å². The highest BCUT2D eigenvalue weighted by Gasteiger charge is 2.36. The van der Waals surface area contributed by atoms with Gasteiger partial charge >= 0.3 is 5.97 Å². The van der Waals surface area contributed by atoms with Crippen molar-refractivity contribution in [2.75, 3.05) is 0 Å². The number of rotatable bonds is 2. The molecule has 2 aliphatic rings. The molecule has 0 aromatic heterocycles. The van der Waals surface area contributed by atoms with E-state index in [2.05, 4.69) is 15.5 Å². The molecule has 0 unspecified atom stereocenters. The zero-order valence-electron chi connectivity index (χ0n) is 9.78. The van der Waals surface area contributed by atoms with Crippen molar-refractivity contribution in [3.8, 4) is 0 Å². The molecule has 1 aromatic carbocycles. The maximum absolute atomic E-state index is 11.7. The number of amides is 1. The highest BCUT2D eigenvalue weighted by atomic mass is 16.4. The second kappa shape index (κ2) is 4.20. The Bertz CT molecular complexity index is 623. The number of carboxylic acid groups (broad SMARTS) is 1. The molecule has 7 nitrogen and oxygen atoms in total. The number of aliphatic carboxylic acids is 1. The summed E-state index contributed by atoms with van der Waals surface area (Å²) in [6, 6.07) is 6.51. The van der Waals surface area contributed by atoms with Gasteiger partial charge in [-0.15, -0.1) is 0 Å². The van der Waals surface area contributed by atoms with E-state index in [4.69, 9.17) is 5.11 Å². The Morgan fingerprint density at radius 3 is 3.00 bits per heavy atom. The van der Waals surface area contributed by atoms with Crippen LogP contribution in [0.25, 0.3) is 0 Å². The molecule has 2 heterocycles. The zero-order valence-corrected chi connectivity index (χ0v) is 9.78. The lowest BCUT2D eigenvalue weighted by molar-refractivity contribution is -0.140. The summed E-state index contributed by atoms with van der Waals surface area (Å²) in [6.45, 7) is 0. The predicted octanol–water partition coefficient (Wildman–Crippen LogP) is 0.297. The molecular weight excluding hydrogens is 248 g/mol. The quantitative estimate of drug-likeness (QED) is 0.797. The fourth-order valence-corrected chi connectivity index (χ4v) is 2.10. The number of carbonyl (C=O) groups is 2. The van der Waals surface area contributed by atoms with Gasteiger partial charge in [0.15, 0.2) is 5.84 Å².